The van der Waals surface area contributed by atoms with E-state index in [4.69, 9.17) is 4.74 Å². The number of hydrogen-bond acceptors (Lipinski definition) is 4. The van der Waals surface area contributed by atoms with E-state index in [1.807, 2.05) is 51.1 Å². The zero-order valence-corrected chi connectivity index (χ0v) is 15.5. The third-order valence-corrected chi connectivity index (χ3v) is 4.85. The van der Waals surface area contributed by atoms with Crippen molar-refractivity contribution in [3.05, 3.63) is 75.8 Å². The maximum atomic E-state index is 12.9. The maximum Gasteiger partial charge on any atom is 0.270 e. The average Bonchev–Trinajstić information content (AvgIpc) is 2.61. The number of carbonyl (C=O) groups is 1. The van der Waals surface area contributed by atoms with Gasteiger partial charge in [0.1, 0.15) is 22.6 Å². The first-order valence-electron chi connectivity index (χ1n) is 8.91. The van der Waals surface area contributed by atoms with Crippen LogP contribution in [0.4, 0.5) is 0 Å². The summed E-state index contributed by atoms with van der Waals surface area (Å²) in [6, 6.07) is 11.0. The zero-order chi connectivity index (χ0) is 19.2. The molecular formula is C21H21N3O3. The standard InChI is InChI=1S/C21H21N3O3/c1-13-7-6-10-24-18(13)22-12-15(20(24)26)19(25)23-16-11-21(2,3)27-17-9-5-4-8-14(16)17/h4-10,12,16H,11H2,1-3H3,(H,23,25)/t16-/m1/s1. The zero-order valence-electron chi connectivity index (χ0n) is 15.5. The van der Waals surface area contributed by atoms with E-state index >= 15 is 0 Å². The monoisotopic (exact) mass is 363 g/mol. The van der Waals surface area contributed by atoms with Crippen LogP contribution in [0.1, 0.15) is 47.8 Å². The smallest absolute Gasteiger partial charge is 0.270 e. The molecule has 0 unspecified atom stereocenters. The van der Waals surface area contributed by atoms with Gasteiger partial charge in [-0.2, -0.15) is 0 Å². The Hall–Kier alpha value is -3.15. The number of benzene rings is 1. The van der Waals surface area contributed by atoms with Crippen molar-refractivity contribution in [3.8, 4) is 5.75 Å². The van der Waals surface area contributed by atoms with Crippen LogP contribution in [0.15, 0.2) is 53.6 Å². The number of rotatable bonds is 2. The number of amides is 1. The van der Waals surface area contributed by atoms with Crippen molar-refractivity contribution in [1.82, 2.24) is 14.7 Å². The molecule has 138 valence electrons. The SMILES string of the molecule is Cc1cccn2c(=O)c(C(=O)N[C@@H]3CC(C)(C)Oc4ccccc43)cnc12. The highest BCUT2D eigenvalue weighted by molar-refractivity contribution is 5.94. The minimum atomic E-state index is -0.430. The lowest BCUT2D eigenvalue weighted by Crippen LogP contribution is -2.42. The third-order valence-electron chi connectivity index (χ3n) is 4.85. The first-order chi connectivity index (χ1) is 12.9. The molecule has 1 aliphatic heterocycles. The van der Waals surface area contributed by atoms with Gasteiger partial charge in [0.2, 0.25) is 0 Å². The van der Waals surface area contributed by atoms with Gasteiger partial charge in [0.15, 0.2) is 0 Å². The maximum absolute atomic E-state index is 12.9. The fourth-order valence-electron chi connectivity index (χ4n) is 3.57. The molecule has 0 spiro atoms. The van der Waals surface area contributed by atoms with E-state index in [1.165, 1.54) is 10.6 Å². The molecular weight excluding hydrogens is 342 g/mol. The summed E-state index contributed by atoms with van der Waals surface area (Å²) in [5.74, 6) is 0.323. The van der Waals surface area contributed by atoms with E-state index in [0.29, 0.717) is 12.1 Å². The number of ether oxygens (including phenoxy) is 1. The molecule has 1 amide bonds. The van der Waals surface area contributed by atoms with Crippen LogP contribution in [0, 0.1) is 6.92 Å². The molecule has 0 saturated heterocycles. The first kappa shape index (κ1) is 17.3. The topological polar surface area (TPSA) is 72.7 Å². The molecule has 0 aliphatic carbocycles. The molecule has 1 aliphatic rings. The summed E-state index contributed by atoms with van der Waals surface area (Å²) in [6.07, 6.45) is 3.59. The van der Waals surface area contributed by atoms with Crippen LogP contribution < -0.4 is 15.6 Å². The third kappa shape index (κ3) is 3.07. The van der Waals surface area contributed by atoms with Gasteiger partial charge in [-0.15, -0.1) is 0 Å². The molecule has 6 nitrogen and oxygen atoms in total. The molecule has 1 aromatic carbocycles. The lowest BCUT2D eigenvalue weighted by molar-refractivity contribution is 0.0619. The van der Waals surface area contributed by atoms with Gasteiger partial charge in [0, 0.05) is 24.4 Å². The fourth-order valence-corrected chi connectivity index (χ4v) is 3.57. The Labute approximate surface area is 156 Å². The minimum Gasteiger partial charge on any atom is -0.487 e. The Morgan fingerprint density at radius 2 is 2.04 bits per heavy atom. The number of pyridine rings is 1. The van der Waals surface area contributed by atoms with Gasteiger partial charge < -0.3 is 10.1 Å². The molecule has 1 N–H and O–H groups in total. The minimum absolute atomic E-state index is 0.0277. The summed E-state index contributed by atoms with van der Waals surface area (Å²) < 4.78 is 7.41. The summed E-state index contributed by atoms with van der Waals surface area (Å²) in [6.45, 7) is 5.84. The van der Waals surface area contributed by atoms with Crippen molar-refractivity contribution in [2.75, 3.05) is 0 Å². The molecule has 0 saturated carbocycles. The number of aromatic nitrogens is 2. The lowest BCUT2D eigenvalue weighted by Gasteiger charge is -2.37. The number of aryl methyl sites for hydroxylation is 1. The second-order valence-corrected chi connectivity index (χ2v) is 7.49. The van der Waals surface area contributed by atoms with Crippen LogP contribution in [0.25, 0.3) is 5.65 Å². The van der Waals surface area contributed by atoms with Crippen molar-refractivity contribution in [3.63, 3.8) is 0 Å². The normalized spacial score (nSPS) is 17.8. The van der Waals surface area contributed by atoms with Crippen molar-refractivity contribution >= 4 is 11.6 Å². The van der Waals surface area contributed by atoms with Gasteiger partial charge in [-0.25, -0.2) is 4.98 Å². The molecule has 3 aromatic rings. The van der Waals surface area contributed by atoms with E-state index in [1.54, 1.807) is 12.3 Å². The molecule has 0 bridgehead atoms. The highest BCUT2D eigenvalue weighted by atomic mass is 16.5. The van der Waals surface area contributed by atoms with E-state index in [9.17, 15) is 9.59 Å². The number of carbonyl (C=O) groups excluding carboxylic acids is 1. The molecule has 3 heterocycles. The van der Waals surface area contributed by atoms with Crippen LogP contribution in [0.3, 0.4) is 0 Å². The van der Waals surface area contributed by atoms with Gasteiger partial charge in [0.05, 0.1) is 6.04 Å². The highest BCUT2D eigenvalue weighted by Gasteiger charge is 2.34. The van der Waals surface area contributed by atoms with E-state index in [2.05, 4.69) is 10.3 Å². The predicted molar refractivity (Wildman–Crippen MR) is 102 cm³/mol. The van der Waals surface area contributed by atoms with Crippen molar-refractivity contribution in [1.29, 1.82) is 0 Å². The van der Waals surface area contributed by atoms with Crippen LogP contribution in [-0.2, 0) is 0 Å². The summed E-state index contributed by atoms with van der Waals surface area (Å²) in [4.78, 5) is 30.0. The van der Waals surface area contributed by atoms with Gasteiger partial charge >= 0.3 is 0 Å². The lowest BCUT2D eigenvalue weighted by atomic mass is 9.89. The van der Waals surface area contributed by atoms with Gasteiger partial charge in [-0.3, -0.25) is 14.0 Å². The van der Waals surface area contributed by atoms with Crippen molar-refractivity contribution in [2.24, 2.45) is 0 Å². The second-order valence-electron chi connectivity index (χ2n) is 7.49. The Kier molecular flexibility index (Phi) is 3.98. The Morgan fingerprint density at radius 3 is 2.85 bits per heavy atom. The van der Waals surface area contributed by atoms with Crippen LogP contribution in [-0.4, -0.2) is 20.9 Å². The molecule has 4 rings (SSSR count). The summed E-state index contributed by atoms with van der Waals surface area (Å²) in [5.41, 5.74) is 1.58. The molecule has 27 heavy (non-hydrogen) atoms. The largest absolute Gasteiger partial charge is 0.487 e. The molecule has 1 atom stereocenters. The molecule has 0 fully saturated rings. The number of nitrogens with zero attached hydrogens (tertiary/aromatic N) is 2. The van der Waals surface area contributed by atoms with Gasteiger partial charge in [-0.1, -0.05) is 24.3 Å². The molecule has 0 radical (unpaired) electrons. The van der Waals surface area contributed by atoms with Crippen molar-refractivity contribution < 1.29 is 9.53 Å². The Morgan fingerprint density at radius 1 is 1.26 bits per heavy atom. The van der Waals surface area contributed by atoms with E-state index < -0.39 is 11.5 Å². The molecule has 6 heteroatoms. The Bertz CT molecular complexity index is 1100. The van der Waals surface area contributed by atoms with Crippen molar-refractivity contribution in [2.45, 2.75) is 38.8 Å². The van der Waals surface area contributed by atoms with Gasteiger partial charge in [-0.05, 0) is 38.5 Å². The first-order valence-corrected chi connectivity index (χ1v) is 8.91. The van der Waals surface area contributed by atoms with Crippen LogP contribution in [0.5, 0.6) is 5.75 Å². The number of fused-ring (bicyclic) bond motifs is 2. The van der Waals surface area contributed by atoms with E-state index in [0.717, 1.165) is 16.9 Å². The average molecular weight is 363 g/mol. The quantitative estimate of drug-likeness (QED) is 0.760. The summed E-state index contributed by atoms with van der Waals surface area (Å²) in [5, 5.41) is 2.99. The summed E-state index contributed by atoms with van der Waals surface area (Å²) >= 11 is 0. The van der Waals surface area contributed by atoms with Crippen LogP contribution >= 0.6 is 0 Å². The predicted octanol–water partition coefficient (Wildman–Crippen LogP) is 3.04. The Balaban J connectivity index is 1.70. The highest BCUT2D eigenvalue weighted by Crippen LogP contribution is 2.39. The number of para-hydroxylation sites is 1. The number of hydrogen-bond donors (Lipinski definition) is 1. The molecule has 2 aromatic heterocycles. The van der Waals surface area contributed by atoms with Crippen LogP contribution in [0.2, 0.25) is 0 Å². The van der Waals surface area contributed by atoms with Gasteiger partial charge in [0.25, 0.3) is 11.5 Å². The number of nitrogens with one attached hydrogen (secondary N) is 1. The van der Waals surface area contributed by atoms with E-state index in [-0.39, 0.29) is 17.2 Å². The fraction of sp³-hybridized carbons (Fsp3) is 0.286. The second kappa shape index (κ2) is 6.23. The summed E-state index contributed by atoms with van der Waals surface area (Å²) in [7, 11) is 0.